The number of hydrogen-bond acceptors (Lipinski definition) is 2. The molecule has 0 radical (unpaired) electrons. The topological polar surface area (TPSA) is 46.5 Å². The van der Waals surface area contributed by atoms with Gasteiger partial charge >= 0.3 is 5.97 Å². The summed E-state index contributed by atoms with van der Waals surface area (Å²) in [7, 11) is 0. The van der Waals surface area contributed by atoms with E-state index in [9.17, 15) is 4.79 Å². The van der Waals surface area contributed by atoms with Crippen molar-refractivity contribution in [3.8, 4) is 5.75 Å². The lowest BCUT2D eigenvalue weighted by atomic mass is 9.90. The molecule has 0 aliphatic rings. The van der Waals surface area contributed by atoms with Crippen LogP contribution in [0.4, 0.5) is 0 Å². The zero-order valence-electron chi connectivity index (χ0n) is 10.2. The monoisotopic (exact) mass is 222 g/mol. The van der Waals surface area contributed by atoms with Gasteiger partial charge in [-0.2, -0.15) is 0 Å². The Balaban J connectivity index is 2.73. The van der Waals surface area contributed by atoms with E-state index in [4.69, 9.17) is 9.84 Å². The number of aromatic carboxylic acids is 1. The van der Waals surface area contributed by atoms with Gasteiger partial charge in [-0.15, -0.1) is 0 Å². The predicted molar refractivity (Wildman–Crippen MR) is 62.9 cm³/mol. The number of ether oxygens (including phenoxy) is 1. The smallest absolute Gasteiger partial charge is 0.335 e. The fourth-order valence-corrected chi connectivity index (χ4v) is 1.06. The van der Waals surface area contributed by atoms with E-state index in [2.05, 4.69) is 20.8 Å². The van der Waals surface area contributed by atoms with E-state index in [0.29, 0.717) is 5.75 Å². The van der Waals surface area contributed by atoms with E-state index in [-0.39, 0.29) is 17.1 Å². The summed E-state index contributed by atoms with van der Waals surface area (Å²) in [6, 6.07) is 6.47. The minimum atomic E-state index is -0.921. The van der Waals surface area contributed by atoms with Gasteiger partial charge in [0.05, 0.1) is 5.56 Å². The molecule has 0 fully saturated rings. The molecular weight excluding hydrogens is 204 g/mol. The van der Waals surface area contributed by atoms with Gasteiger partial charge in [0.15, 0.2) is 0 Å². The third-order valence-corrected chi connectivity index (χ3v) is 2.63. The van der Waals surface area contributed by atoms with Gasteiger partial charge in [-0.25, -0.2) is 4.79 Å². The Morgan fingerprint density at radius 1 is 1.25 bits per heavy atom. The second-order valence-electron chi connectivity index (χ2n) is 4.96. The summed E-state index contributed by atoms with van der Waals surface area (Å²) >= 11 is 0. The van der Waals surface area contributed by atoms with Crippen molar-refractivity contribution in [1.29, 1.82) is 0 Å². The highest BCUT2D eigenvalue weighted by Gasteiger charge is 2.21. The predicted octanol–water partition coefficient (Wildman–Crippen LogP) is 3.20. The van der Waals surface area contributed by atoms with Crippen LogP contribution in [0.3, 0.4) is 0 Å². The third kappa shape index (κ3) is 3.26. The third-order valence-electron chi connectivity index (χ3n) is 2.63. The molecule has 0 aliphatic heterocycles. The van der Waals surface area contributed by atoms with Crippen LogP contribution >= 0.6 is 0 Å². The van der Waals surface area contributed by atoms with Crippen LogP contribution in [0.2, 0.25) is 0 Å². The molecule has 88 valence electrons. The van der Waals surface area contributed by atoms with E-state index in [1.807, 2.05) is 6.92 Å². The minimum Gasteiger partial charge on any atom is -0.490 e. The largest absolute Gasteiger partial charge is 0.490 e. The molecule has 3 nitrogen and oxygen atoms in total. The van der Waals surface area contributed by atoms with Crippen LogP contribution in [-0.4, -0.2) is 17.2 Å². The van der Waals surface area contributed by atoms with Crippen LogP contribution in [-0.2, 0) is 0 Å². The number of hydrogen-bond donors (Lipinski definition) is 1. The molecule has 3 heteroatoms. The van der Waals surface area contributed by atoms with E-state index in [1.165, 1.54) is 0 Å². The van der Waals surface area contributed by atoms with Crippen molar-refractivity contribution in [1.82, 2.24) is 0 Å². The zero-order valence-corrected chi connectivity index (χ0v) is 10.2. The Morgan fingerprint density at radius 2 is 1.75 bits per heavy atom. The summed E-state index contributed by atoms with van der Waals surface area (Å²) < 4.78 is 5.72. The van der Waals surface area contributed by atoms with Crippen molar-refractivity contribution in [2.24, 2.45) is 5.41 Å². The lowest BCUT2D eigenvalue weighted by Gasteiger charge is -2.27. The average Bonchev–Trinajstić information content (AvgIpc) is 2.17. The van der Waals surface area contributed by atoms with Crippen LogP contribution in [0, 0.1) is 5.41 Å². The van der Waals surface area contributed by atoms with E-state index in [0.717, 1.165) is 0 Å². The maximum absolute atomic E-state index is 10.7. The number of carboxylic acids is 1. The van der Waals surface area contributed by atoms with E-state index >= 15 is 0 Å². The molecule has 1 rings (SSSR count). The normalized spacial score (nSPS) is 13.2. The number of benzene rings is 1. The first-order valence-electron chi connectivity index (χ1n) is 5.30. The van der Waals surface area contributed by atoms with Gasteiger partial charge in [0, 0.05) is 0 Å². The highest BCUT2D eigenvalue weighted by molar-refractivity contribution is 5.87. The van der Waals surface area contributed by atoms with Gasteiger partial charge in [-0.1, -0.05) is 20.8 Å². The molecule has 0 aliphatic carbocycles. The lowest BCUT2D eigenvalue weighted by molar-refractivity contribution is 0.0696. The quantitative estimate of drug-likeness (QED) is 0.854. The highest BCUT2D eigenvalue weighted by atomic mass is 16.5. The summed E-state index contributed by atoms with van der Waals surface area (Å²) in [5.41, 5.74) is 0.335. The molecule has 0 spiro atoms. The molecule has 0 saturated heterocycles. The van der Waals surface area contributed by atoms with Crippen molar-refractivity contribution in [3.63, 3.8) is 0 Å². The SMILES string of the molecule is CC(Oc1ccc(C(=O)O)cc1)C(C)(C)C. The first kappa shape index (κ1) is 12.6. The second kappa shape index (κ2) is 4.56. The summed E-state index contributed by atoms with van der Waals surface area (Å²) in [6.07, 6.45) is 0.0724. The molecule has 0 amide bonds. The number of rotatable bonds is 3. The van der Waals surface area contributed by atoms with Crippen molar-refractivity contribution in [2.45, 2.75) is 33.8 Å². The van der Waals surface area contributed by atoms with Crippen molar-refractivity contribution in [3.05, 3.63) is 29.8 Å². The Labute approximate surface area is 96.1 Å². The van der Waals surface area contributed by atoms with Crippen LogP contribution in [0.15, 0.2) is 24.3 Å². The summed E-state index contributed by atoms with van der Waals surface area (Å²) in [5, 5.41) is 8.75. The zero-order chi connectivity index (χ0) is 12.3. The molecule has 1 N–H and O–H groups in total. The first-order valence-corrected chi connectivity index (χ1v) is 5.30. The molecule has 1 aromatic carbocycles. The van der Waals surface area contributed by atoms with Crippen LogP contribution in [0.5, 0.6) is 5.75 Å². The standard InChI is InChI=1S/C13H18O3/c1-9(13(2,3)4)16-11-7-5-10(6-8-11)12(14)15/h5-9H,1-4H3,(H,14,15). The van der Waals surface area contributed by atoms with E-state index in [1.54, 1.807) is 24.3 Å². The Morgan fingerprint density at radius 3 is 2.12 bits per heavy atom. The fourth-order valence-electron chi connectivity index (χ4n) is 1.06. The van der Waals surface area contributed by atoms with Crippen molar-refractivity contribution < 1.29 is 14.6 Å². The summed E-state index contributed by atoms with van der Waals surface area (Å²) in [4.78, 5) is 10.7. The summed E-state index contributed by atoms with van der Waals surface area (Å²) in [5.74, 6) is -0.220. The number of carbonyl (C=O) groups is 1. The Kier molecular flexibility index (Phi) is 3.58. The van der Waals surface area contributed by atoms with Gasteiger partial charge in [0.1, 0.15) is 11.9 Å². The van der Waals surface area contributed by atoms with Crippen LogP contribution in [0.25, 0.3) is 0 Å². The first-order chi connectivity index (χ1) is 7.30. The van der Waals surface area contributed by atoms with Gasteiger partial charge in [0.25, 0.3) is 0 Å². The van der Waals surface area contributed by atoms with Gasteiger partial charge in [0.2, 0.25) is 0 Å². The molecule has 1 unspecified atom stereocenters. The fraction of sp³-hybridized carbons (Fsp3) is 0.462. The maximum atomic E-state index is 10.7. The maximum Gasteiger partial charge on any atom is 0.335 e. The molecular formula is C13H18O3. The average molecular weight is 222 g/mol. The minimum absolute atomic E-state index is 0.0610. The molecule has 0 aromatic heterocycles. The molecule has 0 saturated carbocycles. The van der Waals surface area contributed by atoms with Gasteiger partial charge < -0.3 is 9.84 Å². The molecule has 0 heterocycles. The van der Waals surface area contributed by atoms with Gasteiger partial charge in [-0.3, -0.25) is 0 Å². The van der Waals surface area contributed by atoms with Crippen molar-refractivity contribution >= 4 is 5.97 Å². The molecule has 16 heavy (non-hydrogen) atoms. The second-order valence-corrected chi connectivity index (χ2v) is 4.96. The lowest BCUT2D eigenvalue weighted by Crippen LogP contribution is -2.28. The number of carboxylic acid groups (broad SMARTS) is 1. The van der Waals surface area contributed by atoms with Gasteiger partial charge in [-0.05, 0) is 36.6 Å². The highest BCUT2D eigenvalue weighted by Crippen LogP contribution is 2.24. The van der Waals surface area contributed by atoms with Crippen LogP contribution in [0.1, 0.15) is 38.1 Å². The molecule has 0 bridgehead atoms. The van der Waals surface area contributed by atoms with E-state index < -0.39 is 5.97 Å². The molecule has 1 atom stereocenters. The van der Waals surface area contributed by atoms with Crippen LogP contribution < -0.4 is 4.74 Å². The summed E-state index contributed by atoms with van der Waals surface area (Å²) in [6.45, 7) is 8.31. The van der Waals surface area contributed by atoms with Crippen molar-refractivity contribution in [2.75, 3.05) is 0 Å². The Bertz CT molecular complexity index is 360. The molecule has 1 aromatic rings. The Hall–Kier alpha value is -1.51.